The van der Waals surface area contributed by atoms with Crippen molar-refractivity contribution in [3.63, 3.8) is 0 Å². The first kappa shape index (κ1) is 11.0. The fourth-order valence-corrected chi connectivity index (χ4v) is 1.78. The minimum Gasteiger partial charge on any atom is -0.386 e. The summed E-state index contributed by atoms with van der Waals surface area (Å²) in [4.78, 5) is 4.09. The Bertz CT molecular complexity index is 479. The molecule has 1 aromatic heterocycles. The molecule has 2 rings (SSSR count). The van der Waals surface area contributed by atoms with Gasteiger partial charge in [-0.3, -0.25) is 4.98 Å². The van der Waals surface area contributed by atoms with Gasteiger partial charge in [-0.2, -0.15) is 0 Å². The van der Waals surface area contributed by atoms with Gasteiger partial charge >= 0.3 is 0 Å². The number of hydrogen-bond donors (Lipinski definition) is 1. The second-order valence-electron chi connectivity index (χ2n) is 3.83. The van der Waals surface area contributed by atoms with Crippen molar-refractivity contribution in [2.24, 2.45) is 0 Å². The Kier molecular flexibility index (Phi) is 3.17. The summed E-state index contributed by atoms with van der Waals surface area (Å²) in [5, 5.41) is 12.2. The lowest BCUT2D eigenvalue weighted by atomic mass is 9.99. The topological polar surface area (TPSA) is 42.4 Å². The van der Waals surface area contributed by atoms with Crippen LogP contribution in [0.5, 0.6) is 0 Å². The minimum absolute atomic E-state index is 0.231. The first-order chi connectivity index (χ1) is 7.74. The van der Waals surface area contributed by atoms with Gasteiger partial charge in [0, 0.05) is 24.9 Å². The molecule has 2 atom stereocenters. The van der Waals surface area contributed by atoms with E-state index in [0.717, 1.165) is 16.3 Å². The smallest absolute Gasteiger partial charge is 0.105 e. The average molecular weight is 217 g/mol. The second kappa shape index (κ2) is 4.60. The van der Waals surface area contributed by atoms with Gasteiger partial charge in [-0.15, -0.1) is 0 Å². The zero-order valence-corrected chi connectivity index (χ0v) is 9.42. The van der Waals surface area contributed by atoms with E-state index >= 15 is 0 Å². The van der Waals surface area contributed by atoms with Crippen LogP contribution in [0.15, 0.2) is 36.7 Å². The first-order valence-electron chi connectivity index (χ1n) is 5.27. The van der Waals surface area contributed by atoms with Gasteiger partial charge in [0.2, 0.25) is 0 Å². The monoisotopic (exact) mass is 217 g/mol. The molecular weight excluding hydrogens is 202 g/mol. The fraction of sp³-hybridized carbons (Fsp3) is 0.308. The number of benzene rings is 1. The molecule has 0 aliphatic rings. The van der Waals surface area contributed by atoms with E-state index in [1.54, 1.807) is 19.5 Å². The van der Waals surface area contributed by atoms with E-state index in [9.17, 15) is 5.11 Å². The van der Waals surface area contributed by atoms with Gasteiger partial charge in [-0.25, -0.2) is 0 Å². The highest BCUT2D eigenvalue weighted by atomic mass is 16.5. The van der Waals surface area contributed by atoms with Crippen LogP contribution in [-0.4, -0.2) is 23.3 Å². The lowest BCUT2D eigenvalue weighted by Crippen LogP contribution is -2.17. The maximum atomic E-state index is 10.1. The van der Waals surface area contributed by atoms with Gasteiger partial charge in [-0.1, -0.05) is 18.2 Å². The number of ether oxygens (including phenoxy) is 1. The van der Waals surface area contributed by atoms with E-state index in [-0.39, 0.29) is 6.10 Å². The molecule has 16 heavy (non-hydrogen) atoms. The summed E-state index contributed by atoms with van der Waals surface area (Å²) in [6.45, 7) is 1.85. The number of hydrogen-bond acceptors (Lipinski definition) is 3. The van der Waals surface area contributed by atoms with Crippen molar-refractivity contribution < 1.29 is 9.84 Å². The number of pyridine rings is 1. The predicted molar refractivity (Wildman–Crippen MR) is 63.2 cm³/mol. The quantitative estimate of drug-likeness (QED) is 0.857. The number of nitrogens with zero attached hydrogens (tertiary/aromatic N) is 1. The summed E-state index contributed by atoms with van der Waals surface area (Å²) in [5.74, 6) is 0. The van der Waals surface area contributed by atoms with E-state index < -0.39 is 6.10 Å². The largest absolute Gasteiger partial charge is 0.386 e. The molecule has 1 aromatic carbocycles. The summed E-state index contributed by atoms with van der Waals surface area (Å²) < 4.78 is 5.14. The van der Waals surface area contributed by atoms with Crippen LogP contribution in [0.3, 0.4) is 0 Å². The molecule has 1 heterocycles. The molecule has 0 spiro atoms. The van der Waals surface area contributed by atoms with Gasteiger partial charge < -0.3 is 9.84 Å². The molecule has 0 bridgehead atoms. The van der Waals surface area contributed by atoms with Crippen molar-refractivity contribution in [3.05, 3.63) is 42.2 Å². The van der Waals surface area contributed by atoms with E-state index in [1.807, 2.05) is 31.2 Å². The van der Waals surface area contributed by atoms with Crippen LogP contribution in [-0.2, 0) is 4.74 Å². The molecule has 0 amide bonds. The Labute approximate surface area is 94.7 Å². The van der Waals surface area contributed by atoms with Gasteiger partial charge in [0.25, 0.3) is 0 Å². The van der Waals surface area contributed by atoms with Gasteiger partial charge in [0.15, 0.2) is 0 Å². The zero-order valence-electron chi connectivity index (χ0n) is 9.42. The number of aliphatic hydroxyl groups excluding tert-OH is 1. The third-order valence-corrected chi connectivity index (χ3v) is 2.85. The van der Waals surface area contributed by atoms with E-state index in [4.69, 9.17) is 4.74 Å². The molecule has 3 nitrogen and oxygen atoms in total. The van der Waals surface area contributed by atoms with Crippen LogP contribution in [0.2, 0.25) is 0 Å². The summed E-state index contributed by atoms with van der Waals surface area (Å²) in [6, 6.07) is 7.78. The van der Waals surface area contributed by atoms with Crippen LogP contribution in [0.4, 0.5) is 0 Å². The molecule has 0 aliphatic carbocycles. The molecule has 0 saturated heterocycles. The Morgan fingerprint density at radius 1 is 1.31 bits per heavy atom. The summed E-state index contributed by atoms with van der Waals surface area (Å²) >= 11 is 0. The lowest BCUT2D eigenvalue weighted by molar-refractivity contribution is -0.000684. The number of fused-ring (bicyclic) bond motifs is 1. The Hall–Kier alpha value is -1.45. The fourth-order valence-electron chi connectivity index (χ4n) is 1.78. The lowest BCUT2D eigenvalue weighted by Gasteiger charge is -2.19. The maximum absolute atomic E-state index is 10.1. The van der Waals surface area contributed by atoms with Crippen molar-refractivity contribution in [3.8, 4) is 0 Å². The molecule has 0 radical (unpaired) electrons. The van der Waals surface area contributed by atoms with Crippen molar-refractivity contribution in [2.75, 3.05) is 7.11 Å². The molecule has 1 N–H and O–H groups in total. The standard InChI is InChI=1S/C13H15NO2/c1-9(16-2)13(15)11-5-3-4-10-6-7-14-8-12(10)11/h3-9,13,15H,1-2H3. The van der Waals surface area contributed by atoms with Crippen LogP contribution in [0.1, 0.15) is 18.6 Å². The molecule has 2 aromatic rings. The molecule has 0 aliphatic heterocycles. The van der Waals surface area contributed by atoms with Crippen molar-refractivity contribution in [2.45, 2.75) is 19.1 Å². The minimum atomic E-state index is -0.627. The number of aromatic nitrogens is 1. The van der Waals surface area contributed by atoms with Crippen LogP contribution < -0.4 is 0 Å². The van der Waals surface area contributed by atoms with Crippen LogP contribution in [0.25, 0.3) is 10.8 Å². The van der Waals surface area contributed by atoms with Crippen LogP contribution >= 0.6 is 0 Å². The SMILES string of the molecule is COC(C)C(O)c1cccc2ccncc12. The third kappa shape index (κ3) is 1.92. The van der Waals surface area contributed by atoms with E-state index in [2.05, 4.69) is 4.98 Å². The van der Waals surface area contributed by atoms with Gasteiger partial charge in [-0.05, 0) is 23.9 Å². The molecule has 84 valence electrons. The molecule has 0 saturated carbocycles. The van der Waals surface area contributed by atoms with Crippen LogP contribution in [0, 0.1) is 0 Å². The van der Waals surface area contributed by atoms with Gasteiger partial charge in [0.1, 0.15) is 6.10 Å². The second-order valence-corrected chi connectivity index (χ2v) is 3.83. The first-order valence-corrected chi connectivity index (χ1v) is 5.27. The molecular formula is C13H15NO2. The number of methoxy groups -OCH3 is 1. The molecule has 3 heteroatoms. The normalized spacial score (nSPS) is 14.9. The van der Waals surface area contributed by atoms with E-state index in [1.165, 1.54) is 0 Å². The highest BCUT2D eigenvalue weighted by molar-refractivity contribution is 5.85. The molecule has 0 fully saturated rings. The number of rotatable bonds is 3. The average Bonchev–Trinajstić information content (AvgIpc) is 2.36. The molecule has 2 unspecified atom stereocenters. The Morgan fingerprint density at radius 3 is 2.88 bits per heavy atom. The van der Waals surface area contributed by atoms with Crippen molar-refractivity contribution in [1.29, 1.82) is 0 Å². The highest BCUT2D eigenvalue weighted by Crippen LogP contribution is 2.26. The van der Waals surface area contributed by atoms with Crippen molar-refractivity contribution in [1.82, 2.24) is 4.98 Å². The maximum Gasteiger partial charge on any atom is 0.105 e. The number of aliphatic hydroxyl groups is 1. The van der Waals surface area contributed by atoms with E-state index in [0.29, 0.717) is 0 Å². The summed E-state index contributed by atoms with van der Waals surface area (Å²) in [7, 11) is 1.59. The third-order valence-electron chi connectivity index (χ3n) is 2.85. The Morgan fingerprint density at radius 2 is 2.12 bits per heavy atom. The van der Waals surface area contributed by atoms with Gasteiger partial charge in [0.05, 0.1) is 6.10 Å². The predicted octanol–water partition coefficient (Wildman–Crippen LogP) is 2.30. The Balaban J connectivity index is 2.52. The highest BCUT2D eigenvalue weighted by Gasteiger charge is 2.17. The van der Waals surface area contributed by atoms with Crippen molar-refractivity contribution >= 4 is 10.8 Å². The summed E-state index contributed by atoms with van der Waals surface area (Å²) in [5.41, 5.74) is 0.861. The zero-order chi connectivity index (χ0) is 11.5. The summed E-state index contributed by atoms with van der Waals surface area (Å²) in [6.07, 6.45) is 2.66.